The third-order valence-electron chi connectivity index (χ3n) is 11.0. The van der Waals surface area contributed by atoms with Gasteiger partial charge >= 0.3 is 13.9 Å². The van der Waals surface area contributed by atoms with Gasteiger partial charge in [0.1, 0.15) is 37.1 Å². The maximum absolute atomic E-state index is 15.8. The molecule has 0 fully saturated rings. The average Bonchev–Trinajstić information content (AvgIpc) is 4.07. The quantitative estimate of drug-likeness (QED) is 0.103. The van der Waals surface area contributed by atoms with Crippen LogP contribution >= 0.6 is 0 Å². The third kappa shape index (κ3) is 5.82. The zero-order valence-electron chi connectivity index (χ0n) is 30.6. The summed E-state index contributed by atoms with van der Waals surface area (Å²) in [4.78, 5) is 0. The highest BCUT2D eigenvalue weighted by molar-refractivity contribution is 6.58. The zero-order chi connectivity index (χ0) is 38.7. The van der Waals surface area contributed by atoms with E-state index in [1.54, 1.807) is 48.6 Å². The first-order valence-electron chi connectivity index (χ1n) is 18.9. The van der Waals surface area contributed by atoms with Crippen LogP contribution in [0.2, 0.25) is 0 Å². The van der Waals surface area contributed by atoms with Crippen LogP contribution in [-0.2, 0) is 19.6 Å². The molecule has 2 aromatic heterocycles. The lowest BCUT2D eigenvalue weighted by molar-refractivity contribution is -0.357. The number of allylic oxidation sites excluding steroid dienone is 4. The molecule has 0 saturated carbocycles. The van der Waals surface area contributed by atoms with Gasteiger partial charge in [0.15, 0.2) is 11.4 Å². The molecule has 0 bridgehead atoms. The van der Waals surface area contributed by atoms with E-state index in [1.807, 2.05) is 97.1 Å². The van der Waals surface area contributed by atoms with Crippen LogP contribution in [0.5, 0.6) is 11.5 Å². The number of rotatable bonds is 10. The van der Waals surface area contributed by atoms with Gasteiger partial charge in [-0.3, -0.25) is 0 Å². The van der Waals surface area contributed by atoms with E-state index in [9.17, 15) is 0 Å². The van der Waals surface area contributed by atoms with Gasteiger partial charge in [-0.1, -0.05) is 72.8 Å². The van der Waals surface area contributed by atoms with E-state index < -0.39 is 13.9 Å². The highest BCUT2D eigenvalue weighted by Crippen LogP contribution is 2.44. The molecular weight excluding hydrogens is 726 g/mol. The standard InChI is InChI=1S/C45H34B2F4N4O2/c48-46(49)52-23-7-15-38(52)44(39-16-8-24-53(39)46)36-28-34(19-21-42(36)56-30-32-11-3-1-4-12-32)27-35-20-22-43(57-31-33-13-5-2-6-14-33)37(29-35)45-40-17-9-25-54(40)47(50,51)55-26-10-18-41(45)55/h1-26,28-29H,27,30-31H2. The molecule has 0 N–H and O–H groups in total. The van der Waals surface area contributed by atoms with Gasteiger partial charge < -0.3 is 44.7 Å². The molecule has 57 heavy (non-hydrogen) atoms. The van der Waals surface area contributed by atoms with Crippen LogP contribution < -0.4 is 9.47 Å². The Balaban J connectivity index is 1.08. The van der Waals surface area contributed by atoms with Crippen LogP contribution in [0.15, 0.2) is 169 Å². The van der Waals surface area contributed by atoms with Gasteiger partial charge in [0.2, 0.25) is 0 Å². The van der Waals surface area contributed by atoms with Gasteiger partial charge in [0, 0.05) is 46.8 Å². The molecule has 0 unspecified atom stereocenters. The van der Waals surface area contributed by atoms with Crippen molar-refractivity contribution in [3.63, 3.8) is 0 Å². The number of hydrogen-bond acceptors (Lipinski definition) is 2. The fourth-order valence-corrected chi connectivity index (χ4v) is 8.31. The molecular formula is C45H34B2F4N4O2. The lowest BCUT2D eigenvalue weighted by Gasteiger charge is -2.31. The minimum Gasteiger partial charge on any atom is -0.488 e. The summed E-state index contributed by atoms with van der Waals surface area (Å²) in [5.41, 5.74) is 7.97. The molecule has 6 heterocycles. The van der Waals surface area contributed by atoms with Crippen LogP contribution in [0.25, 0.3) is 11.1 Å². The monoisotopic (exact) mass is 760 g/mol. The lowest BCUT2D eigenvalue weighted by atomic mass is 9.85. The van der Waals surface area contributed by atoms with Crippen molar-refractivity contribution in [1.82, 2.24) is 8.96 Å². The molecule has 6 nitrogen and oxygen atoms in total. The third-order valence-corrected chi connectivity index (χ3v) is 11.0. The average molecular weight is 760 g/mol. The summed E-state index contributed by atoms with van der Waals surface area (Å²) in [6, 6.07) is 38.1. The van der Waals surface area contributed by atoms with Crippen molar-refractivity contribution in [1.29, 1.82) is 0 Å². The summed E-state index contributed by atoms with van der Waals surface area (Å²) in [6.45, 7) is -7.61. The second kappa shape index (κ2) is 13.4. The van der Waals surface area contributed by atoms with E-state index in [0.29, 0.717) is 76.2 Å². The molecule has 0 aliphatic carbocycles. The topological polar surface area (TPSA) is 34.3 Å². The van der Waals surface area contributed by atoms with Crippen LogP contribution in [0.3, 0.4) is 0 Å². The molecule has 10 rings (SSSR count). The van der Waals surface area contributed by atoms with Crippen molar-refractivity contribution >= 4 is 37.5 Å². The zero-order valence-corrected chi connectivity index (χ0v) is 30.6. The second-order valence-electron chi connectivity index (χ2n) is 14.5. The number of ether oxygens (including phenoxy) is 2. The molecule has 0 saturated heterocycles. The Morgan fingerprint density at radius 1 is 0.491 bits per heavy atom. The smallest absolute Gasteiger partial charge is 0.488 e. The summed E-state index contributed by atoms with van der Waals surface area (Å²) < 4.78 is 80.4. The second-order valence-corrected chi connectivity index (χ2v) is 14.5. The van der Waals surface area contributed by atoms with Crippen molar-refractivity contribution in [2.45, 2.75) is 19.6 Å². The molecule has 4 aliphatic rings. The van der Waals surface area contributed by atoms with Crippen LogP contribution in [0.1, 0.15) is 44.8 Å². The van der Waals surface area contributed by atoms with Gasteiger partial charge in [0.05, 0.1) is 11.1 Å². The fourth-order valence-electron chi connectivity index (χ4n) is 8.31. The summed E-state index contributed by atoms with van der Waals surface area (Å²) in [5, 5.41) is 0. The van der Waals surface area contributed by atoms with Gasteiger partial charge in [-0.2, -0.15) is 0 Å². The van der Waals surface area contributed by atoms with E-state index in [0.717, 1.165) is 40.2 Å². The number of aromatic nitrogens is 2. The van der Waals surface area contributed by atoms with E-state index in [4.69, 9.17) is 9.47 Å². The first-order valence-corrected chi connectivity index (χ1v) is 18.9. The number of fused-ring (bicyclic) bond motifs is 4. The SMILES string of the molecule is F[B-]1(F)n2cccc2C(c2cc(Cc3ccc(OCc4ccccc4)c(C4=C5C=CC=[N+]5[B-](F)(F)n5cccc54)c3)ccc2OCc2ccccc2)=C2C=CC=[N+]21. The first kappa shape index (κ1) is 34.7. The highest BCUT2D eigenvalue weighted by Gasteiger charge is 2.53. The molecule has 6 aromatic rings. The number of benzene rings is 4. The largest absolute Gasteiger partial charge is 0.737 e. The number of hydrogen-bond donors (Lipinski definition) is 0. The molecule has 0 atom stereocenters. The molecule has 0 radical (unpaired) electrons. The maximum atomic E-state index is 15.8. The minimum absolute atomic E-state index is 0.290. The minimum atomic E-state index is -4.09. The van der Waals surface area contributed by atoms with Crippen molar-refractivity contribution in [2.24, 2.45) is 0 Å². The van der Waals surface area contributed by atoms with Crippen molar-refractivity contribution in [3.05, 3.63) is 214 Å². The van der Waals surface area contributed by atoms with Gasteiger partial charge in [0.25, 0.3) is 0 Å². The lowest BCUT2D eigenvalue weighted by Crippen LogP contribution is -2.49. The van der Waals surface area contributed by atoms with E-state index >= 15 is 17.3 Å². The van der Waals surface area contributed by atoms with Gasteiger partial charge in [-0.15, -0.1) is 0 Å². The Hall–Kier alpha value is -6.81. The normalized spacial score (nSPS) is 16.8. The summed E-state index contributed by atoms with van der Waals surface area (Å²) in [7, 11) is 0. The molecule has 280 valence electrons. The Bertz CT molecular complexity index is 2590. The van der Waals surface area contributed by atoms with E-state index in [2.05, 4.69) is 0 Å². The first-order chi connectivity index (χ1) is 27.8. The predicted octanol–water partition coefficient (Wildman–Crippen LogP) is 9.34. The molecule has 12 heteroatoms. The van der Waals surface area contributed by atoms with Crippen LogP contribution in [-0.4, -0.2) is 44.3 Å². The maximum Gasteiger partial charge on any atom is 0.737 e. The number of nitrogens with zero attached hydrogens (tertiary/aromatic N) is 4. The van der Waals surface area contributed by atoms with Crippen molar-refractivity contribution in [2.75, 3.05) is 0 Å². The molecule has 0 amide bonds. The molecule has 4 aliphatic heterocycles. The van der Waals surface area contributed by atoms with Gasteiger partial charge in [-0.25, -0.2) is 0 Å². The van der Waals surface area contributed by atoms with Crippen LogP contribution in [0, 0.1) is 0 Å². The molecule has 0 spiro atoms. The Morgan fingerprint density at radius 2 is 0.930 bits per heavy atom. The summed E-state index contributed by atoms with van der Waals surface area (Å²) in [6.07, 6.45) is 12.8. The fraction of sp³-hybridized carbons (Fsp3) is 0.0667. The highest BCUT2D eigenvalue weighted by atomic mass is 19.3. The predicted molar refractivity (Wildman–Crippen MR) is 216 cm³/mol. The Morgan fingerprint density at radius 3 is 1.37 bits per heavy atom. The van der Waals surface area contributed by atoms with Crippen LogP contribution in [0.4, 0.5) is 17.3 Å². The van der Waals surface area contributed by atoms with E-state index in [-0.39, 0.29) is 0 Å². The van der Waals surface area contributed by atoms with E-state index in [1.165, 1.54) is 24.8 Å². The Labute approximate surface area is 326 Å². The van der Waals surface area contributed by atoms with Crippen molar-refractivity contribution < 1.29 is 35.7 Å². The summed E-state index contributed by atoms with van der Waals surface area (Å²) >= 11 is 0. The van der Waals surface area contributed by atoms with Crippen molar-refractivity contribution in [3.8, 4) is 11.5 Å². The van der Waals surface area contributed by atoms with Gasteiger partial charge in [-0.05, 0) is 89.6 Å². The summed E-state index contributed by atoms with van der Waals surface area (Å²) in [5.74, 6) is 1.12. The Kier molecular flexibility index (Phi) is 8.17. The molecule has 4 aromatic carbocycles. The number of halogens is 4.